The molecule has 3 rings (SSSR count). The van der Waals surface area contributed by atoms with Gasteiger partial charge in [-0.25, -0.2) is 0 Å². The van der Waals surface area contributed by atoms with Gasteiger partial charge in [0.25, 0.3) is 5.91 Å². The molecule has 0 heterocycles. The van der Waals surface area contributed by atoms with Crippen molar-refractivity contribution in [3.05, 3.63) is 101 Å². The molecule has 0 radical (unpaired) electrons. The fourth-order valence-corrected chi connectivity index (χ4v) is 4.23. The fourth-order valence-electron chi connectivity index (χ4n) is 4.23. The van der Waals surface area contributed by atoms with Gasteiger partial charge in [0.15, 0.2) is 6.61 Å². The summed E-state index contributed by atoms with van der Waals surface area (Å²) in [4.78, 5) is 28.8. The molecule has 1 unspecified atom stereocenters. The van der Waals surface area contributed by atoms with Gasteiger partial charge in [-0.05, 0) is 61.1 Å². The van der Waals surface area contributed by atoms with Crippen LogP contribution in [0.1, 0.15) is 41.7 Å². The van der Waals surface area contributed by atoms with Crippen LogP contribution in [0.5, 0.6) is 5.75 Å². The van der Waals surface area contributed by atoms with Crippen LogP contribution in [0, 0.1) is 26.7 Å². The van der Waals surface area contributed by atoms with Crippen LogP contribution in [0.25, 0.3) is 0 Å². The number of rotatable bonds is 11. The molecule has 0 saturated heterocycles. The number of nitrogens with one attached hydrogen (secondary N) is 1. The minimum absolute atomic E-state index is 0.141. The van der Waals surface area contributed by atoms with Crippen LogP contribution in [0.2, 0.25) is 0 Å². The predicted molar refractivity (Wildman–Crippen MR) is 145 cm³/mol. The number of amides is 2. The van der Waals surface area contributed by atoms with Gasteiger partial charge in [-0.15, -0.1) is 0 Å². The number of carbonyl (C=O) groups is 2. The largest absolute Gasteiger partial charge is 0.484 e. The van der Waals surface area contributed by atoms with E-state index in [-0.39, 0.29) is 18.4 Å². The van der Waals surface area contributed by atoms with Gasteiger partial charge in [0.2, 0.25) is 5.91 Å². The number of ether oxygens (including phenoxy) is 1. The van der Waals surface area contributed by atoms with Crippen LogP contribution < -0.4 is 10.1 Å². The second kappa shape index (κ2) is 12.9. The number of nitrogens with zero attached hydrogens (tertiary/aromatic N) is 1. The first-order chi connectivity index (χ1) is 17.2. The van der Waals surface area contributed by atoms with E-state index in [1.54, 1.807) is 4.90 Å². The lowest BCUT2D eigenvalue weighted by Gasteiger charge is -2.32. The number of benzene rings is 3. The molecule has 0 aliphatic rings. The summed E-state index contributed by atoms with van der Waals surface area (Å²) >= 11 is 0. The molecule has 0 saturated carbocycles. The maximum Gasteiger partial charge on any atom is 0.261 e. The summed E-state index contributed by atoms with van der Waals surface area (Å²) in [6.45, 7) is 10.9. The molecule has 190 valence electrons. The molecule has 0 aliphatic carbocycles. The Hall–Kier alpha value is -3.60. The van der Waals surface area contributed by atoms with Crippen molar-refractivity contribution in [2.75, 3.05) is 13.2 Å². The number of carbonyl (C=O) groups excluding carboxylic acids is 2. The van der Waals surface area contributed by atoms with E-state index >= 15 is 0 Å². The number of aryl methyl sites for hydroxylation is 3. The van der Waals surface area contributed by atoms with Crippen molar-refractivity contribution in [1.29, 1.82) is 0 Å². The molecule has 0 aliphatic heterocycles. The van der Waals surface area contributed by atoms with Crippen molar-refractivity contribution in [3.63, 3.8) is 0 Å². The predicted octanol–water partition coefficient (Wildman–Crippen LogP) is 5.40. The number of hydrogen-bond acceptors (Lipinski definition) is 3. The molecular formula is C31H38N2O3. The highest BCUT2D eigenvalue weighted by Crippen LogP contribution is 2.19. The minimum atomic E-state index is -0.665. The fraction of sp³-hybridized carbons (Fsp3) is 0.355. The lowest BCUT2D eigenvalue weighted by atomic mass is 10.0. The summed E-state index contributed by atoms with van der Waals surface area (Å²) in [5.74, 6) is 0.580. The second-order valence-electron chi connectivity index (χ2n) is 9.97. The Labute approximate surface area is 215 Å². The summed E-state index contributed by atoms with van der Waals surface area (Å²) in [5, 5.41) is 3.05. The highest BCUT2D eigenvalue weighted by atomic mass is 16.5. The van der Waals surface area contributed by atoms with Gasteiger partial charge in [0.05, 0.1) is 0 Å². The molecule has 3 aromatic carbocycles. The third-order valence-corrected chi connectivity index (χ3v) is 5.95. The maximum absolute atomic E-state index is 13.7. The first-order valence-corrected chi connectivity index (χ1v) is 12.6. The molecular weight excluding hydrogens is 448 g/mol. The van der Waals surface area contributed by atoms with E-state index < -0.39 is 6.04 Å². The third kappa shape index (κ3) is 8.26. The van der Waals surface area contributed by atoms with Crippen LogP contribution in [0.4, 0.5) is 0 Å². The average Bonchev–Trinajstić information content (AvgIpc) is 2.83. The molecule has 0 spiro atoms. The molecule has 5 nitrogen and oxygen atoms in total. The van der Waals surface area contributed by atoms with Gasteiger partial charge in [-0.3, -0.25) is 9.59 Å². The molecule has 0 bridgehead atoms. The maximum atomic E-state index is 13.7. The Kier molecular flexibility index (Phi) is 9.69. The smallest absolute Gasteiger partial charge is 0.261 e. The molecule has 36 heavy (non-hydrogen) atoms. The Morgan fingerprint density at radius 1 is 0.833 bits per heavy atom. The van der Waals surface area contributed by atoms with Crippen molar-refractivity contribution in [2.45, 2.75) is 53.6 Å². The zero-order valence-corrected chi connectivity index (χ0v) is 22.1. The van der Waals surface area contributed by atoms with E-state index in [2.05, 4.69) is 31.3 Å². The Morgan fingerprint density at radius 3 is 2.14 bits per heavy atom. The van der Waals surface area contributed by atoms with Crippen molar-refractivity contribution >= 4 is 11.8 Å². The Morgan fingerprint density at radius 2 is 1.50 bits per heavy atom. The van der Waals surface area contributed by atoms with E-state index in [4.69, 9.17) is 4.74 Å². The lowest BCUT2D eigenvalue weighted by molar-refractivity contribution is -0.142. The normalized spacial score (nSPS) is 11.7. The molecule has 1 atom stereocenters. The first-order valence-electron chi connectivity index (χ1n) is 12.6. The van der Waals surface area contributed by atoms with Crippen molar-refractivity contribution in [1.82, 2.24) is 10.2 Å². The molecule has 3 aromatic rings. The summed E-state index contributed by atoms with van der Waals surface area (Å²) in [6, 6.07) is 23.1. The topological polar surface area (TPSA) is 58.6 Å². The monoisotopic (exact) mass is 486 g/mol. The van der Waals surface area contributed by atoms with Gasteiger partial charge in [-0.1, -0.05) is 80.1 Å². The standard InChI is InChI=1S/C31H38N2O3/c1-22(2)19-32-31(35)29(18-26-11-7-6-8-12-26)33(20-27-13-9-10-23(3)15-27)30(34)21-36-28-16-24(4)14-25(5)17-28/h6-17,22,29H,18-21H2,1-5H3,(H,32,35). The summed E-state index contributed by atoms with van der Waals surface area (Å²) in [6.07, 6.45) is 0.422. The molecule has 0 fully saturated rings. The molecule has 0 aromatic heterocycles. The van der Waals surface area contributed by atoms with Crippen LogP contribution >= 0.6 is 0 Å². The summed E-state index contributed by atoms with van der Waals surface area (Å²) in [5.41, 5.74) is 5.23. The van der Waals surface area contributed by atoms with E-state index in [1.807, 2.05) is 81.4 Å². The summed E-state index contributed by atoms with van der Waals surface area (Å²) < 4.78 is 5.93. The zero-order valence-electron chi connectivity index (χ0n) is 22.1. The van der Waals surface area contributed by atoms with Crippen LogP contribution in [-0.4, -0.2) is 35.9 Å². The van der Waals surface area contributed by atoms with Gasteiger partial charge in [0.1, 0.15) is 11.8 Å². The first kappa shape index (κ1) is 27.0. The van der Waals surface area contributed by atoms with Gasteiger partial charge < -0.3 is 15.0 Å². The van der Waals surface area contributed by atoms with Crippen LogP contribution in [0.15, 0.2) is 72.8 Å². The van der Waals surface area contributed by atoms with Crippen molar-refractivity contribution in [3.8, 4) is 5.75 Å². The van der Waals surface area contributed by atoms with E-state index in [0.29, 0.717) is 31.2 Å². The van der Waals surface area contributed by atoms with E-state index in [9.17, 15) is 9.59 Å². The van der Waals surface area contributed by atoms with E-state index in [0.717, 1.165) is 27.8 Å². The Bertz CT molecular complexity index is 1140. The Balaban J connectivity index is 1.91. The SMILES string of the molecule is Cc1cccc(CN(C(=O)COc2cc(C)cc(C)c2)C(Cc2ccccc2)C(=O)NCC(C)C)c1. The van der Waals surface area contributed by atoms with Crippen LogP contribution in [0.3, 0.4) is 0 Å². The van der Waals surface area contributed by atoms with E-state index in [1.165, 1.54) is 0 Å². The highest BCUT2D eigenvalue weighted by Gasteiger charge is 2.30. The van der Waals surface area contributed by atoms with Crippen molar-refractivity contribution < 1.29 is 14.3 Å². The average molecular weight is 487 g/mol. The van der Waals surface area contributed by atoms with Crippen LogP contribution in [-0.2, 0) is 22.6 Å². The number of hydrogen-bond donors (Lipinski definition) is 1. The highest BCUT2D eigenvalue weighted by molar-refractivity contribution is 5.88. The van der Waals surface area contributed by atoms with Gasteiger partial charge >= 0.3 is 0 Å². The quantitative estimate of drug-likeness (QED) is 0.395. The molecule has 2 amide bonds. The minimum Gasteiger partial charge on any atom is -0.484 e. The summed E-state index contributed by atoms with van der Waals surface area (Å²) in [7, 11) is 0. The van der Waals surface area contributed by atoms with Gasteiger partial charge in [-0.2, -0.15) is 0 Å². The molecule has 5 heteroatoms. The second-order valence-corrected chi connectivity index (χ2v) is 9.97. The molecule has 1 N–H and O–H groups in total. The third-order valence-electron chi connectivity index (χ3n) is 5.95. The van der Waals surface area contributed by atoms with Gasteiger partial charge in [0, 0.05) is 19.5 Å². The van der Waals surface area contributed by atoms with Crippen molar-refractivity contribution in [2.24, 2.45) is 5.92 Å². The lowest BCUT2D eigenvalue weighted by Crippen LogP contribution is -2.52. The zero-order chi connectivity index (χ0) is 26.1.